The Balaban J connectivity index is 2.18. The van der Waals surface area contributed by atoms with E-state index in [1.54, 1.807) is 26.0 Å². The molecule has 0 spiro atoms. The number of carbonyl (C=O) groups is 1. The molecule has 0 heterocycles. The maximum atomic E-state index is 12.4. The van der Waals surface area contributed by atoms with Crippen LogP contribution in [0.25, 0.3) is 0 Å². The Morgan fingerprint density at radius 1 is 0.958 bits per heavy atom. The molecule has 0 fully saturated rings. The molecule has 0 aliphatic heterocycles. The van der Waals surface area contributed by atoms with Gasteiger partial charge in [0.2, 0.25) is 10.0 Å². The van der Waals surface area contributed by atoms with Crippen molar-refractivity contribution in [2.45, 2.75) is 37.8 Å². The Kier molecular flexibility index (Phi) is 5.75. The Bertz CT molecular complexity index is 802. The molecule has 1 atom stereocenters. The molecule has 6 heteroatoms. The summed E-state index contributed by atoms with van der Waals surface area (Å²) in [4.78, 5) is 12.5. The standard InChI is InChI=1S/C18H22N2O3S/c1-13(2)20-24(22,23)17-11-7-10-16(12-17)18(21)19-14(3)15-8-5-4-6-9-15/h4-14,20H,1-3H3,(H,19,21)/t14-/m1/s1. The Hall–Kier alpha value is -2.18. The second-order valence-corrected chi connectivity index (χ2v) is 7.62. The van der Waals surface area contributed by atoms with Gasteiger partial charge in [-0.2, -0.15) is 0 Å². The lowest BCUT2D eigenvalue weighted by Crippen LogP contribution is -2.31. The molecule has 0 saturated heterocycles. The van der Waals surface area contributed by atoms with Gasteiger partial charge in [0.15, 0.2) is 0 Å². The molecule has 0 aliphatic rings. The van der Waals surface area contributed by atoms with Crippen molar-refractivity contribution >= 4 is 15.9 Å². The molecule has 0 aliphatic carbocycles. The number of amides is 1. The summed E-state index contributed by atoms with van der Waals surface area (Å²) in [5.74, 6) is -0.312. The molecule has 0 bridgehead atoms. The van der Waals surface area contributed by atoms with Crippen LogP contribution in [0.2, 0.25) is 0 Å². The van der Waals surface area contributed by atoms with E-state index in [9.17, 15) is 13.2 Å². The van der Waals surface area contributed by atoms with Crippen molar-refractivity contribution in [2.24, 2.45) is 0 Å². The minimum Gasteiger partial charge on any atom is -0.346 e. The summed E-state index contributed by atoms with van der Waals surface area (Å²) >= 11 is 0. The summed E-state index contributed by atoms with van der Waals surface area (Å²) in [5, 5.41) is 2.88. The Morgan fingerprint density at radius 3 is 2.25 bits per heavy atom. The van der Waals surface area contributed by atoms with Crippen LogP contribution in [0, 0.1) is 0 Å². The van der Waals surface area contributed by atoms with E-state index < -0.39 is 10.0 Å². The molecule has 1 amide bonds. The van der Waals surface area contributed by atoms with Gasteiger partial charge in [-0.1, -0.05) is 36.4 Å². The summed E-state index contributed by atoms with van der Waals surface area (Å²) in [6.45, 7) is 5.37. The Labute approximate surface area is 143 Å². The average molecular weight is 346 g/mol. The smallest absolute Gasteiger partial charge is 0.251 e. The van der Waals surface area contributed by atoms with Crippen molar-refractivity contribution in [3.8, 4) is 0 Å². The average Bonchev–Trinajstić information content (AvgIpc) is 2.54. The van der Waals surface area contributed by atoms with Crippen LogP contribution in [-0.2, 0) is 10.0 Å². The zero-order chi connectivity index (χ0) is 17.7. The lowest BCUT2D eigenvalue weighted by Gasteiger charge is -2.15. The highest BCUT2D eigenvalue weighted by Crippen LogP contribution is 2.15. The van der Waals surface area contributed by atoms with Gasteiger partial charge in [-0.25, -0.2) is 13.1 Å². The van der Waals surface area contributed by atoms with Crippen LogP contribution in [0.1, 0.15) is 42.7 Å². The van der Waals surface area contributed by atoms with E-state index in [4.69, 9.17) is 0 Å². The lowest BCUT2D eigenvalue weighted by molar-refractivity contribution is 0.0939. The first-order valence-corrected chi connectivity index (χ1v) is 9.26. The van der Waals surface area contributed by atoms with Crippen LogP contribution in [0.15, 0.2) is 59.5 Å². The number of rotatable bonds is 6. The third-order valence-electron chi connectivity index (χ3n) is 3.44. The fourth-order valence-electron chi connectivity index (χ4n) is 2.29. The van der Waals surface area contributed by atoms with Gasteiger partial charge in [0.25, 0.3) is 5.91 Å². The molecule has 0 radical (unpaired) electrons. The van der Waals surface area contributed by atoms with Gasteiger partial charge in [-0.3, -0.25) is 4.79 Å². The highest BCUT2D eigenvalue weighted by molar-refractivity contribution is 7.89. The number of benzene rings is 2. The van der Waals surface area contributed by atoms with Crippen molar-refractivity contribution in [2.75, 3.05) is 0 Å². The summed E-state index contributed by atoms with van der Waals surface area (Å²) in [7, 11) is -3.63. The minimum atomic E-state index is -3.63. The predicted molar refractivity (Wildman–Crippen MR) is 94.2 cm³/mol. The molecule has 2 aromatic carbocycles. The first kappa shape index (κ1) is 18.2. The molecule has 5 nitrogen and oxygen atoms in total. The minimum absolute atomic E-state index is 0.0798. The van der Waals surface area contributed by atoms with Gasteiger partial charge in [0.1, 0.15) is 0 Å². The zero-order valence-corrected chi connectivity index (χ0v) is 14.8. The molecular weight excluding hydrogens is 324 g/mol. The van der Waals surface area contributed by atoms with Crippen molar-refractivity contribution < 1.29 is 13.2 Å². The summed E-state index contributed by atoms with van der Waals surface area (Å²) in [6, 6.07) is 15.2. The van der Waals surface area contributed by atoms with Crippen molar-refractivity contribution in [1.29, 1.82) is 0 Å². The van der Waals surface area contributed by atoms with E-state index in [1.165, 1.54) is 12.1 Å². The van der Waals surface area contributed by atoms with Crippen molar-refractivity contribution in [3.05, 3.63) is 65.7 Å². The molecule has 0 unspecified atom stereocenters. The van der Waals surface area contributed by atoms with Crippen LogP contribution in [0.4, 0.5) is 0 Å². The molecule has 2 aromatic rings. The van der Waals surface area contributed by atoms with Gasteiger partial charge < -0.3 is 5.32 Å². The second-order valence-electron chi connectivity index (χ2n) is 5.91. The third kappa shape index (κ3) is 4.66. The zero-order valence-electron chi connectivity index (χ0n) is 14.0. The van der Waals surface area contributed by atoms with E-state index in [-0.39, 0.29) is 22.9 Å². The summed E-state index contributed by atoms with van der Waals surface area (Å²) < 4.78 is 26.9. The fourth-order valence-corrected chi connectivity index (χ4v) is 3.58. The maximum absolute atomic E-state index is 12.4. The van der Waals surface area contributed by atoms with Crippen LogP contribution >= 0.6 is 0 Å². The van der Waals surface area contributed by atoms with E-state index >= 15 is 0 Å². The van der Waals surface area contributed by atoms with E-state index in [1.807, 2.05) is 37.3 Å². The molecule has 24 heavy (non-hydrogen) atoms. The number of carbonyl (C=O) groups excluding carboxylic acids is 1. The topological polar surface area (TPSA) is 75.3 Å². The van der Waals surface area contributed by atoms with E-state index in [2.05, 4.69) is 10.0 Å². The molecule has 0 saturated carbocycles. The first-order valence-electron chi connectivity index (χ1n) is 7.78. The normalized spacial score (nSPS) is 12.8. The van der Waals surface area contributed by atoms with Crippen LogP contribution < -0.4 is 10.0 Å². The monoisotopic (exact) mass is 346 g/mol. The van der Waals surface area contributed by atoms with E-state index in [0.717, 1.165) is 5.56 Å². The van der Waals surface area contributed by atoms with Gasteiger partial charge >= 0.3 is 0 Å². The number of hydrogen-bond donors (Lipinski definition) is 2. The molecule has 0 aromatic heterocycles. The molecular formula is C18H22N2O3S. The lowest BCUT2D eigenvalue weighted by atomic mass is 10.1. The maximum Gasteiger partial charge on any atom is 0.251 e. The van der Waals surface area contributed by atoms with Gasteiger partial charge in [0, 0.05) is 11.6 Å². The number of hydrogen-bond acceptors (Lipinski definition) is 3. The molecule has 128 valence electrons. The Morgan fingerprint density at radius 2 is 1.62 bits per heavy atom. The van der Waals surface area contributed by atoms with Crippen LogP contribution in [0.3, 0.4) is 0 Å². The SMILES string of the molecule is CC(C)NS(=O)(=O)c1cccc(C(=O)N[C@H](C)c2ccccc2)c1. The fraction of sp³-hybridized carbons (Fsp3) is 0.278. The van der Waals surface area contributed by atoms with Gasteiger partial charge in [0.05, 0.1) is 10.9 Å². The first-order chi connectivity index (χ1) is 11.3. The summed E-state index contributed by atoms with van der Waals surface area (Å²) in [5.41, 5.74) is 1.29. The van der Waals surface area contributed by atoms with Gasteiger partial charge in [-0.15, -0.1) is 0 Å². The molecule has 2 N–H and O–H groups in total. The third-order valence-corrected chi connectivity index (χ3v) is 5.10. The second kappa shape index (κ2) is 7.59. The van der Waals surface area contributed by atoms with Crippen molar-refractivity contribution in [1.82, 2.24) is 10.0 Å². The highest BCUT2D eigenvalue weighted by Gasteiger charge is 2.18. The predicted octanol–water partition coefficient (Wildman–Crippen LogP) is 2.86. The number of nitrogens with one attached hydrogen (secondary N) is 2. The van der Waals surface area contributed by atoms with E-state index in [0.29, 0.717) is 5.56 Å². The molecule has 2 rings (SSSR count). The van der Waals surface area contributed by atoms with Crippen LogP contribution in [0.5, 0.6) is 0 Å². The van der Waals surface area contributed by atoms with Gasteiger partial charge in [-0.05, 0) is 44.5 Å². The van der Waals surface area contributed by atoms with Crippen LogP contribution in [-0.4, -0.2) is 20.4 Å². The highest BCUT2D eigenvalue weighted by atomic mass is 32.2. The van der Waals surface area contributed by atoms with Crippen molar-refractivity contribution in [3.63, 3.8) is 0 Å². The summed E-state index contributed by atoms with van der Waals surface area (Å²) in [6.07, 6.45) is 0. The quantitative estimate of drug-likeness (QED) is 0.844. The number of sulfonamides is 1. The largest absolute Gasteiger partial charge is 0.346 e.